The molecule has 1 heterocycles. The van der Waals surface area contributed by atoms with E-state index >= 15 is 0 Å². The minimum absolute atomic E-state index is 0. The topological polar surface area (TPSA) is 161 Å². The Morgan fingerprint density at radius 2 is 1.48 bits per heavy atom. The number of nitrogens with zero attached hydrogens (tertiary/aromatic N) is 1. The van der Waals surface area contributed by atoms with Gasteiger partial charge in [-0.3, -0.25) is 14.2 Å². The highest BCUT2D eigenvalue weighted by molar-refractivity contribution is 7.85. The van der Waals surface area contributed by atoms with Crippen LogP contribution in [-0.2, 0) is 20.4 Å². The number of rotatable bonds is 2. The molecule has 114 valence electrons. The fourth-order valence-corrected chi connectivity index (χ4v) is 3.02. The highest BCUT2D eigenvalue weighted by atomic mass is 32.2. The molecule has 3 rings (SSSR count). The fourth-order valence-electron chi connectivity index (χ4n) is 2.00. The molecular weight excluding hydrogens is 324 g/mol. The number of aromatic nitrogens is 2. The summed E-state index contributed by atoms with van der Waals surface area (Å²) >= 11 is 0. The van der Waals surface area contributed by atoms with Crippen molar-refractivity contribution < 1.29 is 31.4 Å². The third kappa shape index (κ3) is 2.64. The Hall–Kier alpha value is -1.92. The summed E-state index contributed by atoms with van der Waals surface area (Å²) in [6.07, 6.45) is 1.16. The van der Waals surface area contributed by atoms with Gasteiger partial charge < -0.3 is 5.48 Å². The molecular formula is C10H10N2O7S2. The van der Waals surface area contributed by atoms with E-state index in [9.17, 15) is 16.8 Å². The van der Waals surface area contributed by atoms with Crippen LogP contribution in [0.15, 0.2) is 35.4 Å². The van der Waals surface area contributed by atoms with E-state index in [0.29, 0.717) is 25.8 Å². The molecule has 0 radical (unpaired) electrons. The lowest BCUT2D eigenvalue weighted by molar-refractivity contribution is 0.466. The summed E-state index contributed by atoms with van der Waals surface area (Å²) in [5, 5.41) is 3.93. The summed E-state index contributed by atoms with van der Waals surface area (Å²) in [5.74, 6) is 0. The Balaban J connectivity index is 0.00000161. The lowest BCUT2D eigenvalue weighted by Gasteiger charge is -1.93. The number of benzene rings is 1. The summed E-state index contributed by atoms with van der Waals surface area (Å²) in [7, 11) is -8.70. The normalized spacial score (nSPS) is 12.7. The number of fused-ring (bicyclic) bond motifs is 2. The molecule has 2 aromatic carbocycles. The highest BCUT2D eigenvalue weighted by Gasteiger charge is 2.15. The van der Waals surface area contributed by atoms with E-state index in [1.165, 1.54) is 24.3 Å². The van der Waals surface area contributed by atoms with Crippen LogP contribution in [0.4, 0.5) is 0 Å². The van der Waals surface area contributed by atoms with Crippen LogP contribution in [0.5, 0.6) is 0 Å². The molecule has 0 bridgehead atoms. The van der Waals surface area contributed by atoms with E-state index in [4.69, 9.17) is 9.11 Å². The Morgan fingerprint density at radius 3 is 2.00 bits per heavy atom. The average Bonchev–Trinajstić information content (AvgIpc) is 2.85. The molecule has 0 aliphatic heterocycles. The molecule has 3 aromatic rings. The number of nitrogens with one attached hydrogen (secondary N) is 1. The lowest BCUT2D eigenvalue weighted by Crippen LogP contribution is -2.10. The van der Waals surface area contributed by atoms with Gasteiger partial charge in [0.2, 0.25) is 0 Å². The van der Waals surface area contributed by atoms with Gasteiger partial charge >= 0.3 is 10.3 Å². The van der Waals surface area contributed by atoms with E-state index in [1.807, 2.05) is 0 Å². The van der Waals surface area contributed by atoms with Gasteiger partial charge in [0, 0.05) is 5.39 Å². The second-order valence-electron chi connectivity index (χ2n) is 4.25. The van der Waals surface area contributed by atoms with Gasteiger partial charge in [0.05, 0.1) is 16.6 Å². The highest BCUT2D eigenvalue weighted by Crippen LogP contribution is 2.27. The first-order valence-electron chi connectivity index (χ1n) is 5.25. The third-order valence-electron chi connectivity index (χ3n) is 2.88. The Labute approximate surface area is 118 Å². The fraction of sp³-hybridized carbons (Fsp3) is 0. The molecule has 11 heteroatoms. The summed E-state index contributed by atoms with van der Waals surface area (Å²) in [4.78, 5) is -0.234. The molecule has 0 amide bonds. The quantitative estimate of drug-likeness (QED) is 0.567. The molecule has 0 aliphatic carbocycles. The van der Waals surface area contributed by atoms with Crippen LogP contribution >= 0.6 is 0 Å². The predicted molar refractivity (Wildman–Crippen MR) is 74.2 cm³/mol. The van der Waals surface area contributed by atoms with E-state index in [0.717, 1.165) is 6.20 Å². The second-order valence-corrected chi connectivity index (χ2v) is 6.96. The molecule has 1 aromatic heterocycles. The predicted octanol–water partition coefficient (Wildman–Crippen LogP) is 0.195. The molecule has 0 atom stereocenters. The van der Waals surface area contributed by atoms with Gasteiger partial charge in [0.15, 0.2) is 0 Å². The largest absolute Gasteiger partial charge is 0.412 e. The van der Waals surface area contributed by atoms with Crippen molar-refractivity contribution in [3.63, 3.8) is 0 Å². The molecule has 0 saturated carbocycles. The maximum Gasteiger partial charge on any atom is 0.377 e. The first-order valence-corrected chi connectivity index (χ1v) is 8.09. The molecule has 0 saturated heterocycles. The Kier molecular flexibility index (Phi) is 3.35. The molecule has 5 N–H and O–H groups in total. The van der Waals surface area contributed by atoms with Crippen LogP contribution < -0.4 is 0 Å². The Morgan fingerprint density at radius 1 is 0.905 bits per heavy atom. The molecule has 21 heavy (non-hydrogen) atoms. The molecule has 0 unspecified atom stereocenters. The summed E-state index contributed by atoms with van der Waals surface area (Å²) in [5.41, 5.74) is 0.391. The van der Waals surface area contributed by atoms with Crippen molar-refractivity contribution >= 4 is 42.1 Å². The van der Waals surface area contributed by atoms with E-state index in [-0.39, 0.29) is 10.4 Å². The van der Waals surface area contributed by atoms with Gasteiger partial charge in [-0.15, -0.1) is 0 Å². The van der Waals surface area contributed by atoms with Crippen molar-refractivity contribution in [2.75, 3.05) is 0 Å². The van der Waals surface area contributed by atoms with Crippen LogP contribution in [-0.4, -0.2) is 40.6 Å². The standard InChI is InChI=1S/C10H8N2O6S2.H2O/c13-19(14,15)9-2-6-1-8-5-12(20(16,17)18)11-10(8)4-7(6)3-9;/h1-5,11H,(H,13,14,15)(H,16,17,18);1H2. The zero-order chi connectivity index (χ0) is 14.7. The molecule has 0 fully saturated rings. The first kappa shape index (κ1) is 15.5. The zero-order valence-electron chi connectivity index (χ0n) is 10.2. The van der Waals surface area contributed by atoms with E-state index in [1.54, 1.807) is 0 Å². The van der Waals surface area contributed by atoms with Crippen molar-refractivity contribution in [2.45, 2.75) is 4.90 Å². The van der Waals surface area contributed by atoms with Gasteiger partial charge in [0.1, 0.15) is 0 Å². The Bertz CT molecular complexity index is 911. The van der Waals surface area contributed by atoms with Crippen LogP contribution in [0.25, 0.3) is 21.7 Å². The maximum absolute atomic E-state index is 11.1. The minimum Gasteiger partial charge on any atom is -0.412 e. The first-order chi connectivity index (χ1) is 9.14. The number of aromatic amines is 1. The SMILES string of the molecule is O.O=S(=O)(O)c1cc2cc3cn(S(=O)(=O)O)[nH]c3cc2c1. The molecule has 0 spiro atoms. The van der Waals surface area contributed by atoms with Crippen molar-refractivity contribution in [2.24, 2.45) is 0 Å². The third-order valence-corrected chi connectivity index (χ3v) is 4.41. The number of H-pyrrole nitrogens is 1. The number of hydrogen-bond donors (Lipinski definition) is 3. The number of hydrogen-bond acceptors (Lipinski definition) is 4. The van der Waals surface area contributed by atoms with Crippen molar-refractivity contribution in [1.82, 2.24) is 9.19 Å². The maximum atomic E-state index is 11.1. The van der Waals surface area contributed by atoms with E-state index < -0.39 is 20.4 Å². The van der Waals surface area contributed by atoms with Gasteiger partial charge in [-0.05, 0) is 35.0 Å². The summed E-state index contributed by atoms with van der Waals surface area (Å²) < 4.78 is 62.5. The summed E-state index contributed by atoms with van der Waals surface area (Å²) in [6, 6.07) is 5.59. The van der Waals surface area contributed by atoms with Crippen molar-refractivity contribution in [1.29, 1.82) is 0 Å². The lowest BCUT2D eigenvalue weighted by atomic mass is 10.2. The average molecular weight is 334 g/mol. The minimum atomic E-state index is -4.41. The van der Waals surface area contributed by atoms with E-state index in [2.05, 4.69) is 5.10 Å². The molecule has 9 nitrogen and oxygen atoms in total. The smallest absolute Gasteiger partial charge is 0.377 e. The second kappa shape index (κ2) is 4.54. The van der Waals surface area contributed by atoms with Crippen LogP contribution in [0.1, 0.15) is 0 Å². The monoisotopic (exact) mass is 334 g/mol. The van der Waals surface area contributed by atoms with Crippen molar-refractivity contribution in [3.8, 4) is 0 Å². The van der Waals surface area contributed by atoms with Gasteiger partial charge in [-0.1, -0.05) is 0 Å². The van der Waals surface area contributed by atoms with Crippen molar-refractivity contribution in [3.05, 3.63) is 30.5 Å². The van der Waals surface area contributed by atoms with Gasteiger partial charge in [-0.2, -0.15) is 20.9 Å². The van der Waals surface area contributed by atoms with Crippen LogP contribution in [0.2, 0.25) is 0 Å². The zero-order valence-corrected chi connectivity index (χ0v) is 11.8. The molecule has 0 aliphatic rings. The van der Waals surface area contributed by atoms with Gasteiger partial charge in [-0.25, -0.2) is 0 Å². The van der Waals surface area contributed by atoms with Crippen LogP contribution in [0.3, 0.4) is 0 Å². The van der Waals surface area contributed by atoms with Crippen LogP contribution in [0, 0.1) is 0 Å². The summed E-state index contributed by atoms with van der Waals surface area (Å²) in [6.45, 7) is 0. The van der Waals surface area contributed by atoms with Gasteiger partial charge in [0.25, 0.3) is 10.1 Å².